The molecule has 1 amide bonds. The van der Waals surface area contributed by atoms with Gasteiger partial charge in [0.1, 0.15) is 5.78 Å². The number of likely N-dealkylation sites (tertiary alicyclic amines) is 1. The molecule has 2 unspecified atom stereocenters. The number of piperidine rings is 1. The molecular formula is C13H21NO2. The molecule has 0 radical (unpaired) electrons. The van der Waals surface area contributed by atoms with E-state index < -0.39 is 0 Å². The minimum atomic E-state index is 0.0676. The fourth-order valence-electron chi connectivity index (χ4n) is 3.03. The maximum absolute atomic E-state index is 11.8. The summed E-state index contributed by atoms with van der Waals surface area (Å²) in [5.74, 6) is 0.964. The summed E-state index contributed by atoms with van der Waals surface area (Å²) in [6.45, 7) is 2.90. The number of hydrogen-bond donors (Lipinski definition) is 0. The first-order chi connectivity index (χ1) is 7.70. The second kappa shape index (κ2) is 4.98. The first-order valence-electron chi connectivity index (χ1n) is 6.52. The highest BCUT2D eigenvalue weighted by molar-refractivity contribution is 6.00. The van der Waals surface area contributed by atoms with Gasteiger partial charge in [0.25, 0.3) is 0 Å². The molecule has 3 heteroatoms. The Morgan fingerprint density at radius 1 is 1.31 bits per heavy atom. The van der Waals surface area contributed by atoms with Gasteiger partial charge in [-0.15, -0.1) is 0 Å². The summed E-state index contributed by atoms with van der Waals surface area (Å²) in [7, 11) is 0. The molecule has 1 saturated heterocycles. The van der Waals surface area contributed by atoms with Gasteiger partial charge in [0.15, 0.2) is 0 Å². The van der Waals surface area contributed by atoms with E-state index in [1.807, 2.05) is 4.90 Å². The summed E-state index contributed by atoms with van der Waals surface area (Å²) >= 11 is 0. The van der Waals surface area contributed by atoms with E-state index >= 15 is 0 Å². The van der Waals surface area contributed by atoms with Crippen molar-refractivity contribution in [1.29, 1.82) is 0 Å². The van der Waals surface area contributed by atoms with Crippen LogP contribution in [0.15, 0.2) is 0 Å². The molecule has 2 rings (SSSR count). The summed E-state index contributed by atoms with van der Waals surface area (Å²) in [4.78, 5) is 25.0. The predicted octanol–water partition coefficient (Wildman–Crippen LogP) is 2.15. The number of carbonyl (C=O) groups excluding carboxylic acids is 2. The zero-order valence-electron chi connectivity index (χ0n) is 10.1. The van der Waals surface area contributed by atoms with Crippen molar-refractivity contribution in [2.75, 3.05) is 6.54 Å². The lowest BCUT2D eigenvalue weighted by molar-refractivity contribution is -0.142. The zero-order chi connectivity index (χ0) is 11.5. The largest absolute Gasteiger partial charge is 0.339 e. The molecule has 1 aliphatic carbocycles. The number of ketones is 1. The SMILES string of the molecule is CCC1CCCC(N2CCC(=O)CC2=O)C1. The van der Waals surface area contributed by atoms with Gasteiger partial charge in [0, 0.05) is 19.0 Å². The second-order valence-electron chi connectivity index (χ2n) is 5.15. The molecule has 1 aliphatic heterocycles. The summed E-state index contributed by atoms with van der Waals surface area (Å²) < 4.78 is 0. The van der Waals surface area contributed by atoms with Crippen LogP contribution in [0.2, 0.25) is 0 Å². The van der Waals surface area contributed by atoms with Gasteiger partial charge in [0.2, 0.25) is 5.91 Å². The van der Waals surface area contributed by atoms with Crippen LogP contribution in [-0.2, 0) is 9.59 Å². The van der Waals surface area contributed by atoms with E-state index in [0.29, 0.717) is 19.0 Å². The molecule has 2 aliphatic rings. The van der Waals surface area contributed by atoms with Crippen LogP contribution in [0.5, 0.6) is 0 Å². The van der Waals surface area contributed by atoms with Crippen LogP contribution in [0.25, 0.3) is 0 Å². The Balaban J connectivity index is 1.96. The average molecular weight is 223 g/mol. The van der Waals surface area contributed by atoms with Gasteiger partial charge in [0.05, 0.1) is 6.42 Å². The molecule has 3 nitrogen and oxygen atoms in total. The van der Waals surface area contributed by atoms with E-state index in [0.717, 1.165) is 18.8 Å². The number of nitrogens with zero attached hydrogens (tertiary/aromatic N) is 1. The van der Waals surface area contributed by atoms with Gasteiger partial charge in [-0.3, -0.25) is 9.59 Å². The van der Waals surface area contributed by atoms with Crippen LogP contribution < -0.4 is 0 Å². The fraction of sp³-hybridized carbons (Fsp3) is 0.846. The van der Waals surface area contributed by atoms with E-state index in [-0.39, 0.29) is 18.1 Å². The van der Waals surface area contributed by atoms with E-state index in [4.69, 9.17) is 0 Å². The van der Waals surface area contributed by atoms with E-state index in [1.165, 1.54) is 19.3 Å². The third-order valence-electron chi connectivity index (χ3n) is 4.07. The van der Waals surface area contributed by atoms with Crippen molar-refractivity contribution in [3.05, 3.63) is 0 Å². The number of rotatable bonds is 2. The molecule has 16 heavy (non-hydrogen) atoms. The van der Waals surface area contributed by atoms with Crippen molar-refractivity contribution in [3.63, 3.8) is 0 Å². The molecule has 90 valence electrons. The lowest BCUT2D eigenvalue weighted by atomic mass is 9.83. The highest BCUT2D eigenvalue weighted by atomic mass is 16.2. The number of Topliss-reactive ketones (excluding diaryl/α,β-unsaturated/α-hetero) is 1. The minimum Gasteiger partial charge on any atom is -0.339 e. The highest BCUT2D eigenvalue weighted by Gasteiger charge is 2.32. The van der Waals surface area contributed by atoms with Gasteiger partial charge in [-0.1, -0.05) is 26.2 Å². The van der Waals surface area contributed by atoms with Gasteiger partial charge in [-0.25, -0.2) is 0 Å². The number of carbonyl (C=O) groups is 2. The Bertz CT molecular complexity index is 288. The van der Waals surface area contributed by atoms with Crippen molar-refractivity contribution in [2.45, 2.75) is 57.9 Å². The highest BCUT2D eigenvalue weighted by Crippen LogP contribution is 2.31. The van der Waals surface area contributed by atoms with Gasteiger partial charge >= 0.3 is 0 Å². The molecule has 0 bridgehead atoms. The summed E-state index contributed by atoms with van der Waals surface area (Å²) in [5.41, 5.74) is 0. The smallest absolute Gasteiger partial charge is 0.230 e. The lowest BCUT2D eigenvalue weighted by Gasteiger charge is -2.39. The van der Waals surface area contributed by atoms with Gasteiger partial charge in [-0.05, 0) is 18.8 Å². The van der Waals surface area contributed by atoms with Crippen LogP contribution in [0.3, 0.4) is 0 Å². The van der Waals surface area contributed by atoms with Crippen molar-refractivity contribution in [2.24, 2.45) is 5.92 Å². The Morgan fingerprint density at radius 2 is 2.12 bits per heavy atom. The Morgan fingerprint density at radius 3 is 2.81 bits per heavy atom. The standard InChI is InChI=1S/C13H21NO2/c1-2-10-4-3-5-11(8-10)14-7-6-12(15)9-13(14)16/h10-11H,2-9H2,1H3. The molecule has 1 saturated carbocycles. The summed E-state index contributed by atoms with van der Waals surface area (Å²) in [6.07, 6.45) is 6.77. The van der Waals surface area contributed by atoms with Gasteiger partial charge < -0.3 is 4.90 Å². The molecule has 0 aromatic rings. The Kier molecular flexibility index (Phi) is 3.62. The number of hydrogen-bond acceptors (Lipinski definition) is 2. The second-order valence-corrected chi connectivity index (χ2v) is 5.15. The maximum atomic E-state index is 11.8. The monoisotopic (exact) mass is 223 g/mol. The fourth-order valence-corrected chi connectivity index (χ4v) is 3.03. The Hall–Kier alpha value is -0.860. The zero-order valence-corrected chi connectivity index (χ0v) is 10.1. The van der Waals surface area contributed by atoms with E-state index in [1.54, 1.807) is 0 Å². The van der Waals surface area contributed by atoms with Crippen molar-refractivity contribution in [1.82, 2.24) is 4.90 Å². The molecule has 2 fully saturated rings. The van der Waals surface area contributed by atoms with E-state index in [9.17, 15) is 9.59 Å². The maximum Gasteiger partial charge on any atom is 0.230 e. The Labute approximate surface area is 97.2 Å². The van der Waals surface area contributed by atoms with Crippen LogP contribution in [0.4, 0.5) is 0 Å². The van der Waals surface area contributed by atoms with Crippen LogP contribution in [0, 0.1) is 5.92 Å². The molecule has 0 aromatic heterocycles. The third-order valence-corrected chi connectivity index (χ3v) is 4.07. The third kappa shape index (κ3) is 2.45. The van der Waals surface area contributed by atoms with Crippen LogP contribution >= 0.6 is 0 Å². The van der Waals surface area contributed by atoms with Crippen molar-refractivity contribution >= 4 is 11.7 Å². The van der Waals surface area contributed by atoms with Crippen LogP contribution in [-0.4, -0.2) is 29.2 Å². The molecule has 0 N–H and O–H groups in total. The quantitative estimate of drug-likeness (QED) is 0.673. The first kappa shape index (κ1) is 11.6. The predicted molar refractivity (Wildman–Crippen MR) is 62.0 cm³/mol. The summed E-state index contributed by atoms with van der Waals surface area (Å²) in [6, 6.07) is 0.416. The molecule has 0 spiro atoms. The minimum absolute atomic E-state index is 0.0676. The number of amides is 1. The van der Waals surface area contributed by atoms with E-state index in [2.05, 4.69) is 6.92 Å². The van der Waals surface area contributed by atoms with Gasteiger partial charge in [-0.2, -0.15) is 0 Å². The van der Waals surface area contributed by atoms with Crippen LogP contribution in [0.1, 0.15) is 51.9 Å². The molecule has 2 atom stereocenters. The van der Waals surface area contributed by atoms with Crippen molar-refractivity contribution < 1.29 is 9.59 Å². The average Bonchev–Trinajstić information content (AvgIpc) is 2.29. The first-order valence-corrected chi connectivity index (χ1v) is 6.52. The summed E-state index contributed by atoms with van der Waals surface area (Å²) in [5, 5.41) is 0. The molecule has 0 aromatic carbocycles. The normalized spacial score (nSPS) is 31.9. The molecular weight excluding hydrogens is 202 g/mol. The topological polar surface area (TPSA) is 37.4 Å². The molecule has 1 heterocycles. The van der Waals surface area contributed by atoms with Crippen molar-refractivity contribution in [3.8, 4) is 0 Å². The lowest BCUT2D eigenvalue weighted by Crippen LogP contribution is -2.47.